The van der Waals surface area contributed by atoms with Crippen molar-refractivity contribution in [1.82, 2.24) is 5.32 Å². The SMILES string of the molecule is CCCC1CCC2=C([N]c3ccccc32)C1CCC. The van der Waals surface area contributed by atoms with Crippen molar-refractivity contribution in [2.45, 2.75) is 52.4 Å². The van der Waals surface area contributed by atoms with E-state index in [2.05, 4.69) is 38.1 Å². The Labute approximate surface area is 117 Å². The molecular formula is C18H24N. The van der Waals surface area contributed by atoms with Gasteiger partial charge in [-0.05, 0) is 36.8 Å². The molecule has 1 nitrogen and oxygen atoms in total. The lowest BCUT2D eigenvalue weighted by Gasteiger charge is -2.32. The molecule has 0 saturated heterocycles. The highest BCUT2D eigenvalue weighted by Gasteiger charge is 2.35. The van der Waals surface area contributed by atoms with E-state index in [9.17, 15) is 0 Å². The third kappa shape index (κ3) is 2.20. The van der Waals surface area contributed by atoms with Crippen LogP contribution in [0.1, 0.15) is 57.9 Å². The number of hydrogen-bond acceptors (Lipinski definition) is 0. The van der Waals surface area contributed by atoms with Crippen molar-refractivity contribution >= 4 is 11.3 Å². The monoisotopic (exact) mass is 254 g/mol. The fourth-order valence-corrected chi connectivity index (χ4v) is 3.88. The van der Waals surface area contributed by atoms with Gasteiger partial charge in [0.15, 0.2) is 0 Å². The second-order valence-corrected chi connectivity index (χ2v) is 5.98. The fraction of sp³-hybridized carbons (Fsp3) is 0.556. The molecule has 1 radical (unpaired) electrons. The maximum absolute atomic E-state index is 4.99. The largest absolute Gasteiger partial charge is 0.252 e. The van der Waals surface area contributed by atoms with Gasteiger partial charge in [0.05, 0.1) is 5.69 Å². The summed E-state index contributed by atoms with van der Waals surface area (Å²) in [5.74, 6) is 1.57. The molecule has 0 N–H and O–H groups in total. The summed E-state index contributed by atoms with van der Waals surface area (Å²) < 4.78 is 0. The molecule has 2 unspecified atom stereocenters. The van der Waals surface area contributed by atoms with E-state index >= 15 is 0 Å². The molecule has 1 aliphatic heterocycles. The van der Waals surface area contributed by atoms with Crippen LogP contribution in [0.15, 0.2) is 30.0 Å². The molecule has 0 amide bonds. The van der Waals surface area contributed by atoms with Crippen molar-refractivity contribution in [2.24, 2.45) is 11.8 Å². The first kappa shape index (κ1) is 12.8. The zero-order valence-corrected chi connectivity index (χ0v) is 12.2. The Kier molecular flexibility index (Phi) is 3.63. The molecule has 2 atom stereocenters. The van der Waals surface area contributed by atoms with Gasteiger partial charge in [0.1, 0.15) is 0 Å². The quantitative estimate of drug-likeness (QED) is 0.694. The predicted octanol–water partition coefficient (Wildman–Crippen LogP) is 5.27. The molecule has 0 aromatic heterocycles. The van der Waals surface area contributed by atoms with Crippen molar-refractivity contribution in [2.75, 3.05) is 0 Å². The molecule has 0 fully saturated rings. The summed E-state index contributed by atoms with van der Waals surface area (Å²) in [4.78, 5) is 0. The van der Waals surface area contributed by atoms with Crippen molar-refractivity contribution in [3.05, 3.63) is 35.5 Å². The van der Waals surface area contributed by atoms with Crippen molar-refractivity contribution < 1.29 is 0 Å². The summed E-state index contributed by atoms with van der Waals surface area (Å²) in [5.41, 5.74) is 5.62. The molecule has 1 aliphatic carbocycles. The van der Waals surface area contributed by atoms with Crippen LogP contribution >= 0.6 is 0 Å². The van der Waals surface area contributed by atoms with Crippen LogP contribution in [-0.2, 0) is 0 Å². The standard InChI is InChI=1S/C18H24N/c1-3-7-13-11-12-16-15-9-5-6-10-17(15)19-18(16)14(13)8-4-2/h5-6,9-10,13-14H,3-4,7-8,11-12H2,1-2H3. The molecule has 101 valence electrons. The van der Waals surface area contributed by atoms with Crippen molar-refractivity contribution in [3.63, 3.8) is 0 Å². The molecule has 0 saturated carbocycles. The van der Waals surface area contributed by atoms with Crippen molar-refractivity contribution in [1.29, 1.82) is 0 Å². The number of rotatable bonds is 4. The number of benzene rings is 1. The van der Waals surface area contributed by atoms with Gasteiger partial charge in [-0.25, -0.2) is 0 Å². The van der Waals surface area contributed by atoms with E-state index in [-0.39, 0.29) is 0 Å². The van der Waals surface area contributed by atoms with E-state index in [1.54, 1.807) is 5.57 Å². The van der Waals surface area contributed by atoms with Gasteiger partial charge in [0.2, 0.25) is 0 Å². The zero-order valence-electron chi connectivity index (χ0n) is 12.2. The lowest BCUT2D eigenvalue weighted by molar-refractivity contribution is 0.296. The second-order valence-electron chi connectivity index (χ2n) is 5.98. The first-order valence-electron chi connectivity index (χ1n) is 7.89. The van der Waals surface area contributed by atoms with Crippen LogP contribution in [0.2, 0.25) is 0 Å². The van der Waals surface area contributed by atoms with Gasteiger partial charge in [-0.15, -0.1) is 0 Å². The lowest BCUT2D eigenvalue weighted by Crippen LogP contribution is -2.23. The van der Waals surface area contributed by atoms with Gasteiger partial charge in [0, 0.05) is 17.2 Å². The van der Waals surface area contributed by atoms with Crippen LogP contribution in [0, 0.1) is 11.8 Å². The molecule has 3 rings (SSSR count). The number of nitrogens with zero attached hydrogens (tertiary/aromatic N) is 1. The zero-order chi connectivity index (χ0) is 13.2. The first-order valence-corrected chi connectivity index (χ1v) is 7.89. The summed E-state index contributed by atoms with van der Waals surface area (Å²) in [6.07, 6.45) is 7.85. The highest BCUT2D eigenvalue weighted by molar-refractivity contribution is 5.82. The van der Waals surface area contributed by atoms with Gasteiger partial charge in [-0.3, -0.25) is 5.32 Å². The van der Waals surface area contributed by atoms with Crippen LogP contribution in [0.5, 0.6) is 0 Å². The van der Waals surface area contributed by atoms with Crippen LogP contribution < -0.4 is 5.32 Å². The molecule has 1 heterocycles. The summed E-state index contributed by atoms with van der Waals surface area (Å²) >= 11 is 0. The molecule has 19 heavy (non-hydrogen) atoms. The summed E-state index contributed by atoms with van der Waals surface area (Å²) in [5, 5.41) is 4.99. The smallest absolute Gasteiger partial charge is 0.0708 e. The Morgan fingerprint density at radius 2 is 1.89 bits per heavy atom. The molecule has 0 spiro atoms. The van der Waals surface area contributed by atoms with Crippen LogP contribution in [-0.4, -0.2) is 0 Å². The third-order valence-corrected chi connectivity index (χ3v) is 4.72. The third-order valence-electron chi connectivity index (χ3n) is 4.72. The van der Waals surface area contributed by atoms with Crippen LogP contribution in [0.25, 0.3) is 5.57 Å². The van der Waals surface area contributed by atoms with Gasteiger partial charge in [0.25, 0.3) is 0 Å². The van der Waals surface area contributed by atoms with E-state index in [0.717, 1.165) is 5.92 Å². The minimum atomic E-state index is 0.709. The second kappa shape index (κ2) is 5.40. The Morgan fingerprint density at radius 1 is 1.11 bits per heavy atom. The highest BCUT2D eigenvalue weighted by atomic mass is 14.9. The van der Waals surface area contributed by atoms with E-state index in [1.807, 2.05) is 0 Å². The number of allylic oxidation sites excluding steroid dienone is 2. The Balaban J connectivity index is 1.93. The fourth-order valence-electron chi connectivity index (χ4n) is 3.88. The first-order chi connectivity index (χ1) is 9.35. The summed E-state index contributed by atoms with van der Waals surface area (Å²) in [7, 11) is 0. The normalized spacial score (nSPS) is 24.9. The van der Waals surface area contributed by atoms with Crippen molar-refractivity contribution in [3.8, 4) is 0 Å². The maximum atomic E-state index is 4.99. The highest BCUT2D eigenvalue weighted by Crippen LogP contribution is 2.48. The molecule has 1 heteroatoms. The summed E-state index contributed by atoms with van der Waals surface area (Å²) in [6.45, 7) is 4.62. The number of para-hydroxylation sites is 1. The minimum Gasteiger partial charge on any atom is -0.252 e. The molecule has 0 bridgehead atoms. The van der Waals surface area contributed by atoms with E-state index in [1.165, 1.54) is 55.5 Å². The molecule has 2 aliphatic rings. The number of hydrogen-bond donors (Lipinski definition) is 0. The van der Waals surface area contributed by atoms with Crippen LogP contribution in [0.4, 0.5) is 5.69 Å². The van der Waals surface area contributed by atoms with E-state index in [4.69, 9.17) is 5.32 Å². The predicted molar refractivity (Wildman–Crippen MR) is 81.2 cm³/mol. The molecule has 1 aromatic rings. The van der Waals surface area contributed by atoms with Gasteiger partial charge in [-0.1, -0.05) is 51.3 Å². The Hall–Kier alpha value is -1.24. The lowest BCUT2D eigenvalue weighted by atomic mass is 9.74. The van der Waals surface area contributed by atoms with E-state index < -0.39 is 0 Å². The summed E-state index contributed by atoms with van der Waals surface area (Å²) in [6, 6.07) is 8.69. The minimum absolute atomic E-state index is 0.709. The Bertz CT molecular complexity index is 486. The average Bonchev–Trinajstić information content (AvgIpc) is 2.81. The maximum Gasteiger partial charge on any atom is 0.0708 e. The average molecular weight is 254 g/mol. The van der Waals surface area contributed by atoms with Crippen LogP contribution in [0.3, 0.4) is 0 Å². The van der Waals surface area contributed by atoms with Gasteiger partial charge in [-0.2, -0.15) is 0 Å². The Morgan fingerprint density at radius 3 is 2.68 bits per heavy atom. The van der Waals surface area contributed by atoms with E-state index in [0.29, 0.717) is 5.92 Å². The molecular weight excluding hydrogens is 230 g/mol. The number of fused-ring (bicyclic) bond motifs is 2. The van der Waals surface area contributed by atoms with Gasteiger partial charge >= 0.3 is 0 Å². The molecule has 1 aromatic carbocycles. The van der Waals surface area contributed by atoms with Gasteiger partial charge < -0.3 is 0 Å². The topological polar surface area (TPSA) is 14.1 Å².